The first-order valence-corrected chi connectivity index (χ1v) is 11.1. The number of anilines is 1. The maximum absolute atomic E-state index is 12.5. The first kappa shape index (κ1) is 24.8. The number of ether oxygens (including phenoxy) is 2. The Hall–Kier alpha value is -3.88. The lowest BCUT2D eigenvalue weighted by atomic mass is 9.98. The minimum absolute atomic E-state index is 0.292. The molecule has 9 nitrogen and oxygen atoms in total. The Morgan fingerprint density at radius 1 is 1.15 bits per heavy atom. The Kier molecular flexibility index (Phi) is 8.24. The largest absolute Gasteiger partial charge is 0.481 e. The van der Waals surface area contributed by atoms with E-state index in [1.807, 2.05) is 37.3 Å². The second-order valence-corrected chi connectivity index (χ2v) is 8.00. The van der Waals surface area contributed by atoms with Crippen molar-refractivity contribution < 1.29 is 28.7 Å². The molecule has 0 aliphatic carbocycles. The molecule has 0 radical (unpaired) electrons. The lowest BCUT2D eigenvalue weighted by Gasteiger charge is -2.20. The number of amides is 1. The van der Waals surface area contributed by atoms with Crippen LogP contribution in [0, 0.1) is 12.8 Å². The van der Waals surface area contributed by atoms with Gasteiger partial charge in [0, 0.05) is 17.8 Å². The lowest BCUT2D eigenvalue weighted by molar-refractivity contribution is -0.145. The van der Waals surface area contributed by atoms with E-state index in [2.05, 4.69) is 15.5 Å². The van der Waals surface area contributed by atoms with E-state index in [4.69, 9.17) is 14.0 Å². The fourth-order valence-corrected chi connectivity index (χ4v) is 3.53. The number of aliphatic carboxylic acids is 1. The number of carboxylic acid groups (broad SMARTS) is 1. The summed E-state index contributed by atoms with van der Waals surface area (Å²) in [5, 5.41) is 16.1. The molecule has 1 aromatic carbocycles. The number of pyridine rings is 1. The lowest BCUT2D eigenvalue weighted by Crippen LogP contribution is -2.30. The maximum atomic E-state index is 12.5. The van der Waals surface area contributed by atoms with E-state index in [1.165, 1.54) is 6.20 Å². The van der Waals surface area contributed by atoms with Crippen LogP contribution in [0.4, 0.5) is 10.5 Å². The van der Waals surface area contributed by atoms with E-state index in [0.717, 1.165) is 12.0 Å². The van der Waals surface area contributed by atoms with Crippen LogP contribution < -0.4 is 10.1 Å². The first-order valence-electron chi connectivity index (χ1n) is 11.1. The first-order chi connectivity index (χ1) is 16.3. The normalized spacial score (nSPS) is 13.5. The van der Waals surface area contributed by atoms with Gasteiger partial charge in [0.15, 0.2) is 5.76 Å². The predicted molar refractivity (Wildman–Crippen MR) is 126 cm³/mol. The summed E-state index contributed by atoms with van der Waals surface area (Å²) >= 11 is 0. The Morgan fingerprint density at radius 2 is 1.88 bits per heavy atom. The Labute approximate surface area is 198 Å². The molecule has 1 amide bonds. The zero-order valence-corrected chi connectivity index (χ0v) is 19.6. The molecule has 0 saturated heterocycles. The van der Waals surface area contributed by atoms with Gasteiger partial charge in [0.1, 0.15) is 23.6 Å². The van der Waals surface area contributed by atoms with Gasteiger partial charge in [-0.1, -0.05) is 48.8 Å². The molecular formula is C25H29N3O6. The van der Waals surface area contributed by atoms with Gasteiger partial charge in [-0.25, -0.2) is 9.78 Å². The van der Waals surface area contributed by atoms with Gasteiger partial charge < -0.3 is 19.1 Å². The quantitative estimate of drug-likeness (QED) is 0.393. The maximum Gasteiger partial charge on any atom is 0.412 e. The van der Waals surface area contributed by atoms with Crippen LogP contribution in [0.3, 0.4) is 0 Å². The van der Waals surface area contributed by atoms with Gasteiger partial charge in [-0.15, -0.1) is 0 Å². The molecule has 3 atom stereocenters. The molecule has 3 aromatic rings. The standard InChI is InChI=1S/C25H29N3O6/c1-5-9-20(24(29)30)17(4)32-21-13-12-19(14-26-21)23-22(15(2)28-34-23)27-25(31)33-16(3)18-10-7-6-8-11-18/h6-8,10-14,16-17,20H,5,9H2,1-4H3,(H,27,31)(H,29,30). The fourth-order valence-electron chi connectivity index (χ4n) is 3.53. The molecule has 2 heterocycles. The average Bonchev–Trinajstić information content (AvgIpc) is 3.18. The Bertz CT molecular complexity index is 1100. The fraction of sp³-hybridized carbons (Fsp3) is 0.360. The molecule has 2 N–H and O–H groups in total. The molecule has 3 unspecified atom stereocenters. The average molecular weight is 468 g/mol. The van der Waals surface area contributed by atoms with Crippen molar-refractivity contribution in [2.24, 2.45) is 5.92 Å². The molecule has 0 saturated carbocycles. The van der Waals surface area contributed by atoms with Crippen molar-refractivity contribution in [3.63, 3.8) is 0 Å². The number of nitrogens with one attached hydrogen (secondary N) is 1. The Morgan fingerprint density at radius 3 is 2.50 bits per heavy atom. The highest BCUT2D eigenvalue weighted by Crippen LogP contribution is 2.32. The number of rotatable bonds is 10. The third kappa shape index (κ3) is 6.12. The summed E-state index contributed by atoms with van der Waals surface area (Å²) in [5.74, 6) is -0.903. The number of benzene rings is 1. The van der Waals surface area contributed by atoms with Gasteiger partial charge in [0.2, 0.25) is 5.88 Å². The number of carbonyl (C=O) groups excluding carboxylic acids is 1. The van der Waals surface area contributed by atoms with Crippen LogP contribution in [0.1, 0.15) is 51.0 Å². The summed E-state index contributed by atoms with van der Waals surface area (Å²) in [6.07, 6.45) is 1.15. The second-order valence-electron chi connectivity index (χ2n) is 8.00. The van der Waals surface area contributed by atoms with Crippen molar-refractivity contribution in [1.29, 1.82) is 0 Å². The number of hydrogen-bond acceptors (Lipinski definition) is 7. The minimum Gasteiger partial charge on any atom is -0.481 e. The zero-order valence-electron chi connectivity index (χ0n) is 19.6. The number of carbonyl (C=O) groups is 2. The van der Waals surface area contributed by atoms with Crippen molar-refractivity contribution in [1.82, 2.24) is 10.1 Å². The summed E-state index contributed by atoms with van der Waals surface area (Å²) < 4.78 is 16.6. The molecule has 9 heteroatoms. The number of aromatic nitrogens is 2. The molecule has 0 bridgehead atoms. The van der Waals surface area contributed by atoms with Gasteiger partial charge in [-0.2, -0.15) is 0 Å². The molecule has 34 heavy (non-hydrogen) atoms. The third-order valence-electron chi connectivity index (χ3n) is 5.43. The SMILES string of the molecule is CCCC(C(=O)O)C(C)Oc1ccc(-c2onc(C)c2NC(=O)OC(C)c2ccccc2)cn1. The van der Waals surface area contributed by atoms with Gasteiger partial charge in [0.25, 0.3) is 0 Å². The summed E-state index contributed by atoms with van der Waals surface area (Å²) in [4.78, 5) is 28.2. The van der Waals surface area contributed by atoms with Crippen LogP contribution in [-0.4, -0.2) is 33.4 Å². The van der Waals surface area contributed by atoms with Crippen LogP contribution in [-0.2, 0) is 9.53 Å². The van der Waals surface area contributed by atoms with Crippen LogP contribution in [0.5, 0.6) is 5.88 Å². The molecule has 3 rings (SSSR count). The Balaban J connectivity index is 1.69. The molecule has 0 aliphatic rings. The van der Waals surface area contributed by atoms with Crippen molar-refractivity contribution in [3.05, 3.63) is 59.9 Å². The highest BCUT2D eigenvalue weighted by atomic mass is 16.6. The van der Waals surface area contributed by atoms with Gasteiger partial charge in [-0.3, -0.25) is 10.1 Å². The van der Waals surface area contributed by atoms with Crippen molar-refractivity contribution in [3.8, 4) is 17.2 Å². The van der Waals surface area contributed by atoms with Gasteiger partial charge >= 0.3 is 12.1 Å². The van der Waals surface area contributed by atoms with E-state index < -0.39 is 30.2 Å². The predicted octanol–water partition coefficient (Wildman–Crippen LogP) is 5.62. The van der Waals surface area contributed by atoms with Crippen LogP contribution in [0.2, 0.25) is 0 Å². The van der Waals surface area contributed by atoms with Crippen molar-refractivity contribution in [2.45, 2.75) is 52.7 Å². The number of hydrogen-bond donors (Lipinski definition) is 2. The summed E-state index contributed by atoms with van der Waals surface area (Å²) in [6.45, 7) is 7.14. The highest BCUT2D eigenvalue weighted by molar-refractivity contribution is 5.90. The van der Waals surface area contributed by atoms with E-state index in [9.17, 15) is 14.7 Å². The molecule has 0 aliphatic heterocycles. The van der Waals surface area contributed by atoms with E-state index in [0.29, 0.717) is 35.0 Å². The molecule has 180 valence electrons. The van der Waals surface area contributed by atoms with Gasteiger partial charge in [0.05, 0.1) is 5.92 Å². The van der Waals surface area contributed by atoms with Crippen molar-refractivity contribution in [2.75, 3.05) is 5.32 Å². The third-order valence-corrected chi connectivity index (χ3v) is 5.43. The highest BCUT2D eigenvalue weighted by Gasteiger charge is 2.26. The number of nitrogens with zero attached hydrogens (tertiary/aromatic N) is 2. The summed E-state index contributed by atoms with van der Waals surface area (Å²) in [6, 6.07) is 12.7. The molecule has 0 spiro atoms. The topological polar surface area (TPSA) is 124 Å². The van der Waals surface area contributed by atoms with Crippen LogP contribution >= 0.6 is 0 Å². The van der Waals surface area contributed by atoms with E-state index >= 15 is 0 Å². The summed E-state index contributed by atoms with van der Waals surface area (Å²) in [7, 11) is 0. The molecular weight excluding hydrogens is 438 g/mol. The number of carboxylic acids is 1. The number of aryl methyl sites for hydroxylation is 1. The summed E-state index contributed by atoms with van der Waals surface area (Å²) in [5.41, 5.74) is 2.30. The second kappa shape index (κ2) is 11.3. The van der Waals surface area contributed by atoms with E-state index in [-0.39, 0.29) is 0 Å². The van der Waals surface area contributed by atoms with E-state index in [1.54, 1.807) is 32.9 Å². The smallest absolute Gasteiger partial charge is 0.412 e. The molecule has 2 aromatic heterocycles. The molecule has 0 fully saturated rings. The monoisotopic (exact) mass is 467 g/mol. The van der Waals surface area contributed by atoms with Crippen LogP contribution in [0.15, 0.2) is 53.2 Å². The van der Waals surface area contributed by atoms with Crippen molar-refractivity contribution >= 4 is 17.7 Å². The van der Waals surface area contributed by atoms with Crippen LogP contribution in [0.25, 0.3) is 11.3 Å². The zero-order chi connectivity index (χ0) is 24.7. The van der Waals surface area contributed by atoms with Gasteiger partial charge in [-0.05, 0) is 38.8 Å². The minimum atomic E-state index is -0.896.